The van der Waals surface area contributed by atoms with Crippen LogP contribution in [0, 0.1) is 5.92 Å². The van der Waals surface area contributed by atoms with Crippen LogP contribution in [0.25, 0.3) is 0 Å². The molecule has 2 rings (SSSR count). The molecule has 1 saturated carbocycles. The van der Waals surface area contributed by atoms with Gasteiger partial charge in [0, 0.05) is 13.1 Å². The summed E-state index contributed by atoms with van der Waals surface area (Å²) in [5.74, 6) is 1.27. The lowest BCUT2D eigenvalue weighted by molar-refractivity contribution is -0.134. The molecule has 1 fully saturated rings. The second-order valence-corrected chi connectivity index (χ2v) is 5.31. The number of hydrogen-bond acceptors (Lipinski definition) is 3. The van der Waals surface area contributed by atoms with Gasteiger partial charge in [-0.3, -0.25) is 4.79 Å². The summed E-state index contributed by atoms with van der Waals surface area (Å²) in [6.07, 6.45) is 0.852. The van der Waals surface area contributed by atoms with Crippen LogP contribution in [0.5, 0.6) is 5.75 Å². The summed E-state index contributed by atoms with van der Waals surface area (Å²) in [6.45, 7) is 6.07. The molecule has 1 amide bonds. The van der Waals surface area contributed by atoms with Gasteiger partial charge in [-0.25, -0.2) is 0 Å². The number of amides is 1. The number of benzene rings is 1. The smallest absolute Gasteiger partial charge is 0.233 e. The number of methoxy groups -OCH3 is 1. The highest BCUT2D eigenvalue weighted by Crippen LogP contribution is 2.55. The van der Waals surface area contributed by atoms with Crippen molar-refractivity contribution < 1.29 is 9.53 Å². The van der Waals surface area contributed by atoms with Gasteiger partial charge in [-0.05, 0) is 50.4 Å². The van der Waals surface area contributed by atoms with Gasteiger partial charge < -0.3 is 15.4 Å². The lowest BCUT2D eigenvalue weighted by Crippen LogP contribution is -2.40. The third-order valence-corrected chi connectivity index (χ3v) is 4.43. The summed E-state index contributed by atoms with van der Waals surface area (Å²) in [6, 6.07) is 7.82. The van der Waals surface area contributed by atoms with E-state index in [9.17, 15) is 4.79 Å². The Morgan fingerprint density at radius 2 is 1.95 bits per heavy atom. The van der Waals surface area contributed by atoms with Gasteiger partial charge in [0.05, 0.1) is 12.5 Å². The molecule has 2 atom stereocenters. The Morgan fingerprint density at radius 3 is 2.35 bits per heavy atom. The van der Waals surface area contributed by atoms with E-state index in [-0.39, 0.29) is 11.8 Å². The number of nitrogens with two attached hydrogens (primary N) is 1. The average molecular weight is 276 g/mol. The fourth-order valence-corrected chi connectivity index (χ4v) is 3.03. The first-order valence-electron chi connectivity index (χ1n) is 7.28. The summed E-state index contributed by atoms with van der Waals surface area (Å²) < 4.78 is 5.19. The average Bonchev–Trinajstić information content (AvgIpc) is 3.24. The largest absolute Gasteiger partial charge is 0.497 e. The van der Waals surface area contributed by atoms with Gasteiger partial charge in [0.25, 0.3) is 0 Å². The minimum Gasteiger partial charge on any atom is -0.497 e. The topological polar surface area (TPSA) is 55.6 Å². The molecule has 0 radical (unpaired) electrons. The zero-order valence-electron chi connectivity index (χ0n) is 12.6. The molecule has 0 aromatic heterocycles. The summed E-state index contributed by atoms with van der Waals surface area (Å²) >= 11 is 0. The van der Waals surface area contributed by atoms with Crippen LogP contribution in [-0.2, 0) is 10.2 Å². The van der Waals surface area contributed by atoms with Crippen molar-refractivity contribution in [2.75, 3.05) is 26.7 Å². The first-order valence-corrected chi connectivity index (χ1v) is 7.28. The monoisotopic (exact) mass is 276 g/mol. The Bertz CT molecular complexity index is 468. The molecule has 0 spiro atoms. The fraction of sp³-hybridized carbons (Fsp3) is 0.562. The summed E-state index contributed by atoms with van der Waals surface area (Å²) in [5, 5.41) is 0. The maximum absolute atomic E-state index is 12.9. The molecule has 0 heterocycles. The molecule has 1 aromatic rings. The quantitative estimate of drug-likeness (QED) is 0.861. The molecule has 0 saturated heterocycles. The lowest BCUT2D eigenvalue weighted by Gasteiger charge is -2.26. The molecule has 1 aromatic carbocycles. The van der Waals surface area contributed by atoms with Crippen molar-refractivity contribution in [2.24, 2.45) is 11.7 Å². The molecule has 0 bridgehead atoms. The van der Waals surface area contributed by atoms with E-state index in [4.69, 9.17) is 10.5 Å². The Morgan fingerprint density at radius 1 is 1.35 bits per heavy atom. The number of rotatable bonds is 6. The lowest BCUT2D eigenvalue weighted by atomic mass is 9.91. The van der Waals surface area contributed by atoms with Gasteiger partial charge in [-0.1, -0.05) is 12.1 Å². The second-order valence-electron chi connectivity index (χ2n) is 5.31. The Labute approximate surface area is 120 Å². The maximum Gasteiger partial charge on any atom is 0.233 e. The molecule has 0 unspecified atom stereocenters. The van der Waals surface area contributed by atoms with Gasteiger partial charge in [0.15, 0.2) is 0 Å². The van der Waals surface area contributed by atoms with Crippen LogP contribution >= 0.6 is 0 Å². The van der Waals surface area contributed by atoms with E-state index in [2.05, 4.69) is 0 Å². The first kappa shape index (κ1) is 14.9. The summed E-state index contributed by atoms with van der Waals surface area (Å²) in [5.41, 5.74) is 6.48. The van der Waals surface area contributed by atoms with E-state index in [1.165, 1.54) is 0 Å². The van der Waals surface area contributed by atoms with Gasteiger partial charge in [-0.2, -0.15) is 0 Å². The molecule has 20 heavy (non-hydrogen) atoms. The van der Waals surface area contributed by atoms with Crippen molar-refractivity contribution in [1.82, 2.24) is 4.90 Å². The minimum absolute atomic E-state index is 0.211. The number of likely N-dealkylation sites (N-methyl/N-ethyl adjacent to an activating group) is 1. The Hall–Kier alpha value is -1.55. The van der Waals surface area contributed by atoms with E-state index >= 15 is 0 Å². The van der Waals surface area contributed by atoms with Gasteiger partial charge in [-0.15, -0.1) is 0 Å². The van der Waals surface area contributed by atoms with Gasteiger partial charge >= 0.3 is 0 Å². The highest BCUT2D eigenvalue weighted by molar-refractivity contribution is 5.92. The zero-order valence-corrected chi connectivity index (χ0v) is 12.6. The molecule has 0 aliphatic heterocycles. The van der Waals surface area contributed by atoms with Crippen molar-refractivity contribution >= 4 is 5.91 Å². The summed E-state index contributed by atoms with van der Waals surface area (Å²) in [7, 11) is 1.64. The molecule has 1 aliphatic rings. The maximum atomic E-state index is 12.9. The number of hydrogen-bond donors (Lipinski definition) is 1. The van der Waals surface area contributed by atoms with E-state index in [1.54, 1.807) is 7.11 Å². The Balaban J connectivity index is 2.32. The molecule has 4 nitrogen and oxygen atoms in total. The molecule has 2 N–H and O–H groups in total. The number of ether oxygens (including phenoxy) is 1. The highest BCUT2D eigenvalue weighted by Gasteiger charge is 2.61. The van der Waals surface area contributed by atoms with Crippen LogP contribution in [0.2, 0.25) is 0 Å². The minimum atomic E-state index is -0.410. The van der Waals surface area contributed by atoms with Crippen LogP contribution in [0.3, 0.4) is 0 Å². The number of nitrogens with zero attached hydrogens (tertiary/aromatic N) is 1. The van der Waals surface area contributed by atoms with Crippen molar-refractivity contribution in [3.63, 3.8) is 0 Å². The zero-order chi connectivity index (χ0) is 14.8. The van der Waals surface area contributed by atoms with Crippen molar-refractivity contribution in [2.45, 2.75) is 25.7 Å². The second kappa shape index (κ2) is 5.83. The van der Waals surface area contributed by atoms with Crippen LogP contribution < -0.4 is 10.5 Å². The molecular weight excluding hydrogens is 252 g/mol. The molecular formula is C16H24N2O2. The molecule has 1 aliphatic carbocycles. The van der Waals surface area contributed by atoms with E-state index in [0.717, 1.165) is 30.8 Å². The predicted molar refractivity (Wildman–Crippen MR) is 79.8 cm³/mol. The molecule has 4 heteroatoms. The summed E-state index contributed by atoms with van der Waals surface area (Å²) in [4.78, 5) is 14.8. The van der Waals surface area contributed by atoms with E-state index < -0.39 is 5.41 Å². The van der Waals surface area contributed by atoms with Gasteiger partial charge in [0.1, 0.15) is 5.75 Å². The van der Waals surface area contributed by atoms with Crippen molar-refractivity contribution in [1.29, 1.82) is 0 Å². The first-order chi connectivity index (χ1) is 9.63. The van der Waals surface area contributed by atoms with Gasteiger partial charge in [0.2, 0.25) is 5.91 Å². The normalized spacial score (nSPS) is 24.3. The third-order valence-electron chi connectivity index (χ3n) is 4.43. The Kier molecular flexibility index (Phi) is 4.33. The van der Waals surface area contributed by atoms with Crippen molar-refractivity contribution in [3.05, 3.63) is 29.8 Å². The standard InChI is InChI=1S/C16H24N2O2/c1-4-18(5-2)15(19)16(10-13(16)11-17)12-6-8-14(20-3)9-7-12/h6-9,13H,4-5,10-11,17H2,1-3H3/t13-,16+/m1/s1. The predicted octanol–water partition coefficient (Wildman–Crippen LogP) is 1.78. The van der Waals surface area contributed by atoms with E-state index in [1.807, 2.05) is 43.0 Å². The third kappa shape index (κ3) is 2.29. The van der Waals surface area contributed by atoms with Crippen molar-refractivity contribution in [3.8, 4) is 5.75 Å². The van der Waals surface area contributed by atoms with Crippen LogP contribution in [0.1, 0.15) is 25.8 Å². The number of carbonyl (C=O) groups excluding carboxylic acids is 1. The van der Waals surface area contributed by atoms with Crippen LogP contribution in [0.15, 0.2) is 24.3 Å². The fourth-order valence-electron chi connectivity index (χ4n) is 3.03. The highest BCUT2D eigenvalue weighted by atomic mass is 16.5. The van der Waals surface area contributed by atoms with Crippen LogP contribution in [0.4, 0.5) is 0 Å². The number of carbonyl (C=O) groups is 1. The SMILES string of the molecule is CCN(CC)C(=O)[C@]1(c2ccc(OC)cc2)C[C@@H]1CN. The molecule has 110 valence electrons. The van der Waals surface area contributed by atoms with Crippen LogP contribution in [-0.4, -0.2) is 37.6 Å². The van der Waals surface area contributed by atoms with E-state index in [0.29, 0.717) is 6.54 Å².